The fraction of sp³-hybridized carbons (Fsp3) is 0.143. The van der Waals surface area contributed by atoms with E-state index in [-0.39, 0.29) is 6.42 Å². The van der Waals surface area contributed by atoms with Gasteiger partial charge in [-0.05, 0) is 23.9 Å². The molecule has 0 spiro atoms. The summed E-state index contributed by atoms with van der Waals surface area (Å²) in [6, 6.07) is 8.07. The molecule has 90 valence electrons. The van der Waals surface area contributed by atoms with Crippen LogP contribution in [0, 0.1) is 6.92 Å². The SMILES string of the molecule is Cc1cccc2ccn3c(CC(=O)O)cnc3c12. The minimum atomic E-state index is -0.846. The Morgan fingerprint density at radius 2 is 2.22 bits per heavy atom. The number of fused-ring (bicyclic) bond motifs is 3. The van der Waals surface area contributed by atoms with Gasteiger partial charge in [-0.2, -0.15) is 0 Å². The van der Waals surface area contributed by atoms with Gasteiger partial charge < -0.3 is 9.51 Å². The van der Waals surface area contributed by atoms with Crippen molar-refractivity contribution < 1.29 is 9.90 Å². The van der Waals surface area contributed by atoms with Gasteiger partial charge in [-0.1, -0.05) is 18.2 Å². The highest BCUT2D eigenvalue weighted by Gasteiger charge is 2.10. The summed E-state index contributed by atoms with van der Waals surface area (Å²) in [5.41, 5.74) is 2.66. The van der Waals surface area contributed by atoms with Crippen LogP contribution >= 0.6 is 0 Å². The van der Waals surface area contributed by atoms with E-state index in [1.807, 2.05) is 41.8 Å². The summed E-state index contributed by atoms with van der Waals surface area (Å²) >= 11 is 0. The highest BCUT2D eigenvalue weighted by atomic mass is 16.4. The molecular formula is C14H12N2O2. The minimum Gasteiger partial charge on any atom is -0.481 e. The third-order valence-corrected chi connectivity index (χ3v) is 3.14. The largest absolute Gasteiger partial charge is 0.481 e. The normalized spacial score (nSPS) is 11.2. The van der Waals surface area contributed by atoms with Gasteiger partial charge in [0.1, 0.15) is 5.65 Å². The Morgan fingerprint density at radius 1 is 1.39 bits per heavy atom. The van der Waals surface area contributed by atoms with E-state index in [1.165, 1.54) is 0 Å². The zero-order valence-corrected chi connectivity index (χ0v) is 9.92. The molecule has 2 heterocycles. The average Bonchev–Trinajstić information content (AvgIpc) is 2.72. The number of aromatic nitrogens is 2. The summed E-state index contributed by atoms with van der Waals surface area (Å²) in [6.45, 7) is 2.04. The number of benzene rings is 1. The first kappa shape index (κ1) is 10.8. The zero-order chi connectivity index (χ0) is 12.7. The second kappa shape index (κ2) is 3.84. The highest BCUT2D eigenvalue weighted by Crippen LogP contribution is 2.23. The van der Waals surface area contributed by atoms with Gasteiger partial charge in [0.15, 0.2) is 0 Å². The number of aryl methyl sites for hydroxylation is 1. The number of carbonyl (C=O) groups is 1. The molecular weight excluding hydrogens is 228 g/mol. The molecule has 2 aromatic heterocycles. The zero-order valence-electron chi connectivity index (χ0n) is 9.92. The van der Waals surface area contributed by atoms with Crippen LogP contribution in [0.4, 0.5) is 0 Å². The number of pyridine rings is 1. The fourth-order valence-electron chi connectivity index (χ4n) is 2.32. The maximum atomic E-state index is 10.8. The summed E-state index contributed by atoms with van der Waals surface area (Å²) in [5, 5.41) is 11.1. The standard InChI is InChI=1S/C14H12N2O2/c1-9-3-2-4-10-5-6-16-11(7-12(17)18)8-15-14(16)13(9)10/h2-6,8H,7H2,1H3,(H,17,18). The lowest BCUT2D eigenvalue weighted by molar-refractivity contribution is -0.136. The number of rotatable bonds is 2. The molecule has 4 heteroatoms. The van der Waals surface area contributed by atoms with Gasteiger partial charge in [-0.15, -0.1) is 0 Å². The molecule has 0 saturated carbocycles. The summed E-state index contributed by atoms with van der Waals surface area (Å²) in [7, 11) is 0. The van der Waals surface area contributed by atoms with E-state index in [2.05, 4.69) is 4.98 Å². The molecule has 0 aliphatic carbocycles. The molecule has 0 aliphatic rings. The molecule has 0 unspecified atom stereocenters. The van der Waals surface area contributed by atoms with Crippen LogP contribution in [0.3, 0.4) is 0 Å². The quantitative estimate of drug-likeness (QED) is 0.748. The molecule has 4 nitrogen and oxygen atoms in total. The van der Waals surface area contributed by atoms with Gasteiger partial charge in [0, 0.05) is 17.8 Å². The monoisotopic (exact) mass is 240 g/mol. The average molecular weight is 240 g/mol. The lowest BCUT2D eigenvalue weighted by Crippen LogP contribution is -2.03. The summed E-state index contributed by atoms with van der Waals surface area (Å²) < 4.78 is 1.85. The Balaban J connectivity index is 2.36. The van der Waals surface area contributed by atoms with E-state index < -0.39 is 5.97 Å². The Morgan fingerprint density at radius 3 is 3.00 bits per heavy atom. The van der Waals surface area contributed by atoms with Crippen molar-refractivity contribution in [2.75, 3.05) is 0 Å². The molecule has 0 saturated heterocycles. The molecule has 0 amide bonds. The molecule has 0 aliphatic heterocycles. The van der Waals surface area contributed by atoms with Crippen LogP contribution in [0.15, 0.2) is 36.7 Å². The topological polar surface area (TPSA) is 54.6 Å². The third-order valence-electron chi connectivity index (χ3n) is 3.14. The molecule has 0 radical (unpaired) electrons. The van der Waals surface area contributed by atoms with Crippen molar-refractivity contribution >= 4 is 22.4 Å². The maximum Gasteiger partial charge on any atom is 0.309 e. The van der Waals surface area contributed by atoms with Crippen LogP contribution in [0.2, 0.25) is 0 Å². The van der Waals surface area contributed by atoms with E-state index in [4.69, 9.17) is 5.11 Å². The van der Waals surface area contributed by atoms with Gasteiger partial charge in [-0.25, -0.2) is 4.98 Å². The first-order valence-electron chi connectivity index (χ1n) is 5.73. The first-order valence-corrected chi connectivity index (χ1v) is 5.73. The first-order chi connectivity index (χ1) is 8.66. The fourth-order valence-corrected chi connectivity index (χ4v) is 2.32. The third kappa shape index (κ3) is 1.54. The minimum absolute atomic E-state index is 0.0153. The van der Waals surface area contributed by atoms with Crippen molar-refractivity contribution in [2.24, 2.45) is 0 Å². The number of imidazole rings is 1. The molecule has 0 bridgehead atoms. The molecule has 1 aromatic carbocycles. The van der Waals surface area contributed by atoms with E-state index in [0.29, 0.717) is 5.69 Å². The van der Waals surface area contributed by atoms with Crippen LogP contribution < -0.4 is 0 Å². The Kier molecular flexibility index (Phi) is 2.30. The van der Waals surface area contributed by atoms with E-state index >= 15 is 0 Å². The Labute approximate surface area is 104 Å². The number of hydrogen-bond acceptors (Lipinski definition) is 2. The van der Waals surface area contributed by atoms with Gasteiger partial charge in [0.25, 0.3) is 0 Å². The van der Waals surface area contributed by atoms with Crippen molar-refractivity contribution in [3.05, 3.63) is 47.9 Å². The van der Waals surface area contributed by atoms with Crippen LogP contribution in [-0.4, -0.2) is 20.5 Å². The van der Waals surface area contributed by atoms with Gasteiger partial charge in [0.05, 0.1) is 12.1 Å². The predicted molar refractivity (Wildman–Crippen MR) is 68.8 cm³/mol. The number of nitrogens with zero attached hydrogens (tertiary/aromatic N) is 2. The molecule has 3 aromatic rings. The predicted octanol–water partition coefficient (Wildman–Crippen LogP) is 2.42. The molecule has 3 rings (SSSR count). The molecule has 0 atom stereocenters. The second-order valence-electron chi connectivity index (χ2n) is 4.37. The van der Waals surface area contributed by atoms with Gasteiger partial charge >= 0.3 is 5.97 Å². The summed E-state index contributed by atoms with van der Waals surface area (Å²) in [6.07, 6.45) is 3.50. The van der Waals surface area contributed by atoms with Gasteiger partial charge in [0.2, 0.25) is 0 Å². The van der Waals surface area contributed by atoms with Crippen LogP contribution in [0.1, 0.15) is 11.3 Å². The number of carboxylic acid groups (broad SMARTS) is 1. The van der Waals surface area contributed by atoms with Crippen molar-refractivity contribution in [1.82, 2.24) is 9.38 Å². The van der Waals surface area contributed by atoms with Crippen molar-refractivity contribution in [3.8, 4) is 0 Å². The lowest BCUT2D eigenvalue weighted by atomic mass is 10.1. The molecule has 18 heavy (non-hydrogen) atoms. The number of carboxylic acids is 1. The van der Waals surface area contributed by atoms with E-state index in [1.54, 1.807) is 6.20 Å². The second-order valence-corrected chi connectivity index (χ2v) is 4.37. The Hall–Kier alpha value is -2.36. The summed E-state index contributed by atoms with van der Waals surface area (Å²) in [4.78, 5) is 15.2. The maximum absolute atomic E-state index is 10.8. The lowest BCUT2D eigenvalue weighted by Gasteiger charge is -2.05. The van der Waals surface area contributed by atoms with Crippen LogP contribution in [-0.2, 0) is 11.2 Å². The number of aliphatic carboxylic acids is 1. The highest BCUT2D eigenvalue weighted by molar-refractivity contribution is 5.96. The van der Waals surface area contributed by atoms with E-state index in [0.717, 1.165) is 22.0 Å². The molecule has 0 fully saturated rings. The summed E-state index contributed by atoms with van der Waals surface area (Å²) in [5.74, 6) is -0.846. The van der Waals surface area contributed by atoms with Crippen molar-refractivity contribution in [1.29, 1.82) is 0 Å². The smallest absolute Gasteiger partial charge is 0.309 e. The van der Waals surface area contributed by atoms with Crippen molar-refractivity contribution in [2.45, 2.75) is 13.3 Å². The van der Waals surface area contributed by atoms with Crippen LogP contribution in [0.5, 0.6) is 0 Å². The van der Waals surface area contributed by atoms with E-state index in [9.17, 15) is 4.79 Å². The Bertz CT molecular complexity index is 759. The number of hydrogen-bond donors (Lipinski definition) is 1. The van der Waals surface area contributed by atoms with Crippen LogP contribution in [0.25, 0.3) is 16.4 Å². The molecule has 1 N–H and O–H groups in total. The van der Waals surface area contributed by atoms with Gasteiger partial charge in [-0.3, -0.25) is 4.79 Å². The van der Waals surface area contributed by atoms with Crippen molar-refractivity contribution in [3.63, 3.8) is 0 Å².